The molecule has 0 saturated heterocycles. The van der Waals surface area contributed by atoms with Gasteiger partial charge in [0.05, 0.1) is 19.1 Å². The van der Waals surface area contributed by atoms with Gasteiger partial charge in [0, 0.05) is 34.9 Å². The lowest BCUT2D eigenvalue weighted by atomic mass is 10.1. The van der Waals surface area contributed by atoms with Crippen LogP contribution in [0.3, 0.4) is 0 Å². The minimum Gasteiger partial charge on any atom is -0.316 e. The fourth-order valence-corrected chi connectivity index (χ4v) is 13.2. The van der Waals surface area contributed by atoms with Gasteiger partial charge in [0.15, 0.2) is 0 Å². The molecule has 0 saturated carbocycles. The van der Waals surface area contributed by atoms with Gasteiger partial charge in [0.2, 0.25) is 0 Å². The van der Waals surface area contributed by atoms with E-state index >= 15 is 0 Å². The van der Waals surface area contributed by atoms with Gasteiger partial charge in [-0.3, -0.25) is 0 Å². The SMILES string of the molecule is CC1=Cc2cccc(-n3ccc4ccccc43)c2C1[Si](C)(C)C1C(C)=Cc2cccc(-n3ccc4ccccc43)c21. The van der Waals surface area contributed by atoms with Crippen LogP contribution in [0.4, 0.5) is 0 Å². The van der Waals surface area contributed by atoms with Crippen molar-refractivity contribution in [2.45, 2.75) is 38.0 Å². The van der Waals surface area contributed by atoms with Gasteiger partial charge in [0.1, 0.15) is 0 Å². The second-order valence-electron chi connectivity index (χ2n) is 12.5. The Labute approximate surface area is 242 Å². The lowest BCUT2D eigenvalue weighted by Crippen LogP contribution is -2.43. The Hall–Kier alpha value is -4.34. The van der Waals surface area contributed by atoms with Gasteiger partial charge in [-0.05, 0) is 83.3 Å². The van der Waals surface area contributed by atoms with Gasteiger partial charge >= 0.3 is 0 Å². The quantitative estimate of drug-likeness (QED) is 0.195. The molecule has 3 heteroatoms. The number of hydrogen-bond donors (Lipinski definition) is 0. The number of allylic oxidation sites excluding steroid dienone is 2. The summed E-state index contributed by atoms with van der Waals surface area (Å²) in [6, 6.07) is 35.7. The predicted octanol–water partition coefficient (Wildman–Crippen LogP) is 10.1. The molecule has 0 aliphatic heterocycles. The van der Waals surface area contributed by atoms with Gasteiger partial charge in [0.25, 0.3) is 0 Å². The summed E-state index contributed by atoms with van der Waals surface area (Å²) >= 11 is 0. The summed E-state index contributed by atoms with van der Waals surface area (Å²) in [6.07, 6.45) is 9.43. The van der Waals surface area contributed by atoms with Crippen LogP contribution in [0.15, 0.2) is 121 Å². The van der Waals surface area contributed by atoms with E-state index in [2.05, 4.69) is 158 Å². The summed E-state index contributed by atoms with van der Waals surface area (Å²) in [7, 11) is -2.05. The molecule has 200 valence electrons. The standard InChI is InChI=1S/C38H34N2Si/c1-25-23-29-13-9-17-33(39-21-19-27-11-5-7-15-31(27)39)35(29)37(25)41(3,4)38-26(2)24-30-14-10-18-34(36(30)38)40-22-20-28-12-6-8-16-32(28)40/h5-24,37-38H,1-4H3. The predicted molar refractivity (Wildman–Crippen MR) is 177 cm³/mol. The zero-order valence-electron chi connectivity index (χ0n) is 24.1. The Bertz CT molecular complexity index is 1920. The summed E-state index contributed by atoms with van der Waals surface area (Å²) < 4.78 is 4.83. The lowest BCUT2D eigenvalue weighted by Gasteiger charge is -2.40. The molecule has 2 heterocycles. The van der Waals surface area contributed by atoms with Crippen molar-refractivity contribution in [2.24, 2.45) is 0 Å². The van der Waals surface area contributed by atoms with E-state index in [0.29, 0.717) is 11.1 Å². The number of hydrogen-bond acceptors (Lipinski definition) is 0. The zero-order valence-corrected chi connectivity index (χ0v) is 25.1. The monoisotopic (exact) mass is 546 g/mol. The highest BCUT2D eigenvalue weighted by Gasteiger charge is 2.48. The summed E-state index contributed by atoms with van der Waals surface area (Å²) in [4.78, 5) is 0. The van der Waals surface area contributed by atoms with E-state index in [1.54, 1.807) is 0 Å². The van der Waals surface area contributed by atoms with Gasteiger partial charge in [-0.15, -0.1) is 0 Å². The second-order valence-corrected chi connectivity index (χ2v) is 17.3. The minimum atomic E-state index is -2.05. The van der Waals surface area contributed by atoms with Crippen molar-refractivity contribution in [3.8, 4) is 11.4 Å². The van der Waals surface area contributed by atoms with E-state index in [-0.39, 0.29) is 0 Å². The molecule has 0 spiro atoms. The molecule has 0 radical (unpaired) electrons. The van der Waals surface area contributed by atoms with Crippen molar-refractivity contribution in [1.29, 1.82) is 0 Å². The first kappa shape index (κ1) is 24.5. The van der Waals surface area contributed by atoms with Gasteiger partial charge < -0.3 is 9.13 Å². The average Bonchev–Trinajstić information content (AvgIpc) is 3.74. The smallest absolute Gasteiger partial charge is 0.0724 e. The van der Waals surface area contributed by atoms with Crippen molar-refractivity contribution in [3.05, 3.63) is 143 Å². The molecule has 8 rings (SSSR count). The van der Waals surface area contributed by atoms with Crippen molar-refractivity contribution in [3.63, 3.8) is 0 Å². The molecule has 6 aromatic rings. The molecule has 2 aliphatic carbocycles. The first-order chi connectivity index (χ1) is 19.9. The van der Waals surface area contributed by atoms with Crippen molar-refractivity contribution in [2.75, 3.05) is 0 Å². The average molecular weight is 547 g/mol. The van der Waals surface area contributed by atoms with E-state index in [9.17, 15) is 0 Å². The van der Waals surface area contributed by atoms with Crippen LogP contribution in [0.2, 0.25) is 13.1 Å². The molecular weight excluding hydrogens is 513 g/mol. The largest absolute Gasteiger partial charge is 0.316 e. The van der Waals surface area contributed by atoms with E-state index in [0.717, 1.165) is 0 Å². The van der Waals surface area contributed by atoms with E-state index in [1.807, 2.05) is 0 Å². The van der Waals surface area contributed by atoms with Crippen LogP contribution in [0.25, 0.3) is 45.3 Å². The van der Waals surface area contributed by atoms with E-state index in [1.165, 1.54) is 66.6 Å². The third-order valence-corrected chi connectivity index (χ3v) is 14.2. The Morgan fingerprint density at radius 2 is 0.951 bits per heavy atom. The van der Waals surface area contributed by atoms with Crippen LogP contribution in [-0.2, 0) is 0 Å². The molecular formula is C38H34N2Si. The maximum absolute atomic E-state index is 2.64. The number of para-hydroxylation sites is 2. The van der Waals surface area contributed by atoms with Crippen molar-refractivity contribution in [1.82, 2.24) is 9.13 Å². The molecule has 2 nitrogen and oxygen atoms in total. The fraction of sp³-hybridized carbons (Fsp3) is 0.158. The Morgan fingerprint density at radius 1 is 0.512 bits per heavy atom. The highest BCUT2D eigenvalue weighted by Crippen LogP contribution is 2.54. The summed E-state index contributed by atoms with van der Waals surface area (Å²) in [6.45, 7) is 10.0. The topological polar surface area (TPSA) is 9.86 Å². The Kier molecular flexibility index (Phi) is 5.26. The van der Waals surface area contributed by atoms with Crippen LogP contribution < -0.4 is 0 Å². The highest BCUT2D eigenvalue weighted by atomic mass is 28.3. The zero-order chi connectivity index (χ0) is 27.9. The van der Waals surface area contributed by atoms with Crippen LogP contribution in [0.5, 0.6) is 0 Å². The summed E-state index contributed by atoms with van der Waals surface area (Å²) in [5.41, 5.74) is 14.8. The van der Waals surface area contributed by atoms with E-state index < -0.39 is 8.07 Å². The minimum absolute atomic E-state index is 0.420. The molecule has 0 N–H and O–H groups in total. The summed E-state index contributed by atoms with van der Waals surface area (Å²) in [5.74, 6) is 0. The van der Waals surface area contributed by atoms with E-state index in [4.69, 9.17) is 0 Å². The third kappa shape index (κ3) is 3.49. The van der Waals surface area contributed by atoms with Gasteiger partial charge in [-0.2, -0.15) is 0 Å². The Balaban J connectivity index is 1.31. The third-order valence-electron chi connectivity index (χ3n) is 9.69. The maximum atomic E-state index is 2.64. The number of benzene rings is 4. The van der Waals surface area contributed by atoms with Crippen LogP contribution in [-0.4, -0.2) is 17.2 Å². The summed E-state index contributed by atoms with van der Waals surface area (Å²) in [5, 5.41) is 2.57. The lowest BCUT2D eigenvalue weighted by molar-refractivity contribution is 0.939. The second kappa shape index (κ2) is 8.83. The van der Waals surface area contributed by atoms with Gasteiger partial charge in [-0.25, -0.2) is 0 Å². The maximum Gasteiger partial charge on any atom is 0.0724 e. The first-order valence-electron chi connectivity index (χ1n) is 14.7. The fourth-order valence-electron chi connectivity index (χ4n) is 8.22. The molecule has 41 heavy (non-hydrogen) atoms. The molecule has 0 bridgehead atoms. The Morgan fingerprint density at radius 3 is 1.41 bits per heavy atom. The van der Waals surface area contributed by atoms with Crippen LogP contribution >= 0.6 is 0 Å². The first-order valence-corrected chi connectivity index (χ1v) is 17.8. The molecule has 0 amide bonds. The van der Waals surface area contributed by atoms with Crippen molar-refractivity contribution >= 4 is 42.0 Å². The number of aromatic nitrogens is 2. The number of fused-ring (bicyclic) bond motifs is 4. The number of rotatable bonds is 4. The molecule has 2 aromatic heterocycles. The van der Waals surface area contributed by atoms with Crippen LogP contribution in [0.1, 0.15) is 47.2 Å². The molecule has 2 aliphatic rings. The highest BCUT2D eigenvalue weighted by molar-refractivity contribution is 6.82. The molecule has 4 aromatic carbocycles. The normalized spacial score (nSPS) is 18.0. The van der Waals surface area contributed by atoms with Crippen LogP contribution in [0, 0.1) is 0 Å². The van der Waals surface area contributed by atoms with Gasteiger partial charge in [-0.1, -0.05) is 97.1 Å². The molecule has 2 unspecified atom stereocenters. The number of nitrogens with zero attached hydrogens (tertiary/aromatic N) is 2. The molecule has 2 atom stereocenters. The van der Waals surface area contributed by atoms with Crippen molar-refractivity contribution < 1.29 is 0 Å². The molecule has 0 fully saturated rings.